The summed E-state index contributed by atoms with van der Waals surface area (Å²) in [5.74, 6) is -3.77. The Labute approximate surface area is 212 Å². The molecule has 0 aliphatic heterocycles. The van der Waals surface area contributed by atoms with E-state index in [0.29, 0.717) is 11.5 Å². The van der Waals surface area contributed by atoms with Crippen molar-refractivity contribution < 1.29 is 33.9 Å². The highest BCUT2D eigenvalue weighted by Gasteiger charge is 2.30. The molecule has 200 valence electrons. The van der Waals surface area contributed by atoms with Gasteiger partial charge >= 0.3 is 5.97 Å². The molecule has 0 heterocycles. The molecule has 0 spiro atoms. The standard InChI is InChI=1S/C20H36N6O7S2/c1-34-9-7-13(24-17(29)11(21)3-5-15(22)27)19(31)25-12(4-6-16(23)28)18(30)26-14(20(32)33)8-10-35-2/h11-14H,3-10,21H2,1-2H3,(H2,22,27)(H2,23,28)(H,24,29)(H,25,31)(H,26,30)(H,32,33). The van der Waals surface area contributed by atoms with E-state index in [2.05, 4.69) is 16.0 Å². The molecule has 0 bridgehead atoms. The number of nitrogens with two attached hydrogens (primary N) is 3. The molecule has 0 aromatic carbocycles. The number of carboxylic acids is 1. The van der Waals surface area contributed by atoms with Gasteiger partial charge in [0.2, 0.25) is 29.5 Å². The van der Waals surface area contributed by atoms with E-state index in [0.717, 1.165) is 0 Å². The van der Waals surface area contributed by atoms with Gasteiger partial charge in [-0.1, -0.05) is 0 Å². The zero-order valence-corrected chi connectivity index (χ0v) is 21.5. The SMILES string of the molecule is CSCCC(NC(=O)C(CCC(N)=O)NC(=O)C(CCSC)NC(=O)C(N)CCC(N)=O)C(=O)O. The molecule has 0 aromatic rings. The molecule has 0 saturated carbocycles. The summed E-state index contributed by atoms with van der Waals surface area (Å²) < 4.78 is 0. The van der Waals surface area contributed by atoms with Gasteiger partial charge in [0, 0.05) is 12.8 Å². The Bertz CT molecular complexity index is 755. The highest BCUT2D eigenvalue weighted by Crippen LogP contribution is 2.07. The summed E-state index contributed by atoms with van der Waals surface area (Å²) in [5, 5.41) is 16.7. The zero-order chi connectivity index (χ0) is 27.0. The first kappa shape index (κ1) is 32.5. The number of carboxylic acid groups (broad SMARTS) is 1. The first-order chi connectivity index (χ1) is 16.4. The minimum atomic E-state index is -1.26. The number of amides is 5. The summed E-state index contributed by atoms with van der Waals surface area (Å²) in [5.41, 5.74) is 16.0. The van der Waals surface area contributed by atoms with Gasteiger partial charge in [0.15, 0.2) is 0 Å². The highest BCUT2D eigenvalue weighted by atomic mass is 32.2. The van der Waals surface area contributed by atoms with E-state index in [1.807, 2.05) is 0 Å². The average Bonchev–Trinajstić information content (AvgIpc) is 2.79. The summed E-state index contributed by atoms with van der Waals surface area (Å²) in [6, 6.07) is -4.58. The maximum Gasteiger partial charge on any atom is 0.326 e. The fourth-order valence-electron chi connectivity index (χ4n) is 2.81. The molecule has 35 heavy (non-hydrogen) atoms. The number of nitrogens with one attached hydrogen (secondary N) is 3. The van der Waals surface area contributed by atoms with Crippen molar-refractivity contribution in [1.82, 2.24) is 16.0 Å². The number of hydrogen-bond acceptors (Lipinski definition) is 9. The number of aliphatic carboxylic acids is 1. The third-order valence-electron chi connectivity index (χ3n) is 4.82. The largest absolute Gasteiger partial charge is 0.480 e. The summed E-state index contributed by atoms with van der Waals surface area (Å²) in [7, 11) is 0. The maximum atomic E-state index is 13.0. The van der Waals surface area contributed by atoms with Gasteiger partial charge in [-0.15, -0.1) is 0 Å². The minimum Gasteiger partial charge on any atom is -0.480 e. The Hall–Kier alpha value is -2.52. The predicted octanol–water partition coefficient (Wildman–Crippen LogP) is -2.11. The summed E-state index contributed by atoms with van der Waals surface area (Å²) in [6.07, 6.45) is 3.45. The van der Waals surface area contributed by atoms with Crippen molar-refractivity contribution in [2.75, 3.05) is 24.0 Å². The first-order valence-electron chi connectivity index (χ1n) is 10.9. The molecule has 0 fully saturated rings. The normalized spacial score (nSPS) is 14.1. The lowest BCUT2D eigenvalue weighted by Crippen LogP contribution is -2.57. The monoisotopic (exact) mass is 536 g/mol. The van der Waals surface area contributed by atoms with Gasteiger partial charge in [0.05, 0.1) is 6.04 Å². The number of carbonyl (C=O) groups excluding carboxylic acids is 5. The Kier molecular flexibility index (Phi) is 16.6. The van der Waals surface area contributed by atoms with Gasteiger partial charge in [-0.05, 0) is 49.7 Å². The smallest absolute Gasteiger partial charge is 0.326 e. The molecule has 13 nitrogen and oxygen atoms in total. The van der Waals surface area contributed by atoms with Crippen LogP contribution in [0.4, 0.5) is 0 Å². The van der Waals surface area contributed by atoms with E-state index in [4.69, 9.17) is 17.2 Å². The molecule has 0 radical (unpaired) electrons. The molecule has 0 aromatic heterocycles. The lowest BCUT2D eigenvalue weighted by molar-refractivity contribution is -0.142. The molecule has 15 heteroatoms. The average molecular weight is 537 g/mol. The Balaban J connectivity index is 5.47. The van der Waals surface area contributed by atoms with Gasteiger partial charge in [-0.25, -0.2) is 4.79 Å². The third-order valence-corrected chi connectivity index (χ3v) is 6.11. The van der Waals surface area contributed by atoms with E-state index < -0.39 is 59.7 Å². The van der Waals surface area contributed by atoms with Crippen LogP contribution in [0.3, 0.4) is 0 Å². The van der Waals surface area contributed by atoms with Crippen LogP contribution in [0.2, 0.25) is 0 Å². The Morgan fingerprint density at radius 3 is 1.54 bits per heavy atom. The second-order valence-electron chi connectivity index (χ2n) is 7.70. The molecule has 0 aliphatic carbocycles. The molecular formula is C20H36N6O7S2. The van der Waals surface area contributed by atoms with E-state index in [1.54, 1.807) is 12.5 Å². The molecule has 4 atom stereocenters. The zero-order valence-electron chi connectivity index (χ0n) is 19.9. The number of rotatable bonds is 19. The maximum absolute atomic E-state index is 13.0. The van der Waals surface area contributed by atoms with E-state index >= 15 is 0 Å². The molecule has 5 amide bonds. The van der Waals surface area contributed by atoms with Crippen LogP contribution in [0.5, 0.6) is 0 Å². The van der Waals surface area contributed by atoms with Crippen LogP contribution in [0.15, 0.2) is 0 Å². The van der Waals surface area contributed by atoms with E-state index in [9.17, 15) is 33.9 Å². The molecular weight excluding hydrogens is 500 g/mol. The predicted molar refractivity (Wildman–Crippen MR) is 134 cm³/mol. The molecule has 4 unspecified atom stereocenters. The first-order valence-corrected chi connectivity index (χ1v) is 13.7. The van der Waals surface area contributed by atoms with Crippen molar-refractivity contribution in [3.63, 3.8) is 0 Å². The van der Waals surface area contributed by atoms with Crippen molar-refractivity contribution >= 4 is 59.0 Å². The van der Waals surface area contributed by atoms with Crippen LogP contribution in [0, 0.1) is 0 Å². The Morgan fingerprint density at radius 1 is 0.686 bits per heavy atom. The van der Waals surface area contributed by atoms with Gasteiger partial charge < -0.3 is 38.3 Å². The summed E-state index contributed by atoms with van der Waals surface area (Å²) in [4.78, 5) is 71.8. The van der Waals surface area contributed by atoms with E-state index in [-0.39, 0.29) is 38.5 Å². The van der Waals surface area contributed by atoms with E-state index in [1.165, 1.54) is 23.5 Å². The van der Waals surface area contributed by atoms with Crippen LogP contribution < -0.4 is 33.2 Å². The second kappa shape index (κ2) is 17.8. The lowest BCUT2D eigenvalue weighted by Gasteiger charge is -2.25. The fourth-order valence-corrected chi connectivity index (χ4v) is 3.75. The van der Waals surface area contributed by atoms with Gasteiger partial charge in [-0.3, -0.25) is 24.0 Å². The Morgan fingerprint density at radius 2 is 1.09 bits per heavy atom. The van der Waals surface area contributed by atoms with Crippen LogP contribution >= 0.6 is 23.5 Å². The van der Waals surface area contributed by atoms with Crippen LogP contribution in [0.25, 0.3) is 0 Å². The topological polar surface area (TPSA) is 237 Å². The van der Waals surface area contributed by atoms with Crippen LogP contribution in [-0.4, -0.2) is 88.8 Å². The second-order valence-corrected chi connectivity index (χ2v) is 9.67. The fraction of sp³-hybridized carbons (Fsp3) is 0.700. The van der Waals surface area contributed by atoms with Crippen LogP contribution in [-0.2, 0) is 28.8 Å². The van der Waals surface area contributed by atoms with Gasteiger partial charge in [0.25, 0.3) is 0 Å². The summed E-state index contributed by atoms with van der Waals surface area (Å²) >= 11 is 2.83. The van der Waals surface area contributed by atoms with Crippen molar-refractivity contribution in [3.05, 3.63) is 0 Å². The number of primary amides is 2. The van der Waals surface area contributed by atoms with Crippen molar-refractivity contribution in [2.24, 2.45) is 17.2 Å². The third kappa shape index (κ3) is 14.5. The van der Waals surface area contributed by atoms with Gasteiger partial charge in [0.1, 0.15) is 18.1 Å². The molecule has 0 aliphatic rings. The molecule has 10 N–H and O–H groups in total. The van der Waals surface area contributed by atoms with Crippen molar-refractivity contribution in [3.8, 4) is 0 Å². The minimum absolute atomic E-state index is 0.00566. The molecule has 0 rings (SSSR count). The quantitative estimate of drug-likeness (QED) is 0.0948. The number of hydrogen-bond donors (Lipinski definition) is 7. The highest BCUT2D eigenvalue weighted by molar-refractivity contribution is 7.98. The van der Waals surface area contributed by atoms with Crippen LogP contribution in [0.1, 0.15) is 38.5 Å². The van der Waals surface area contributed by atoms with Crippen molar-refractivity contribution in [1.29, 1.82) is 0 Å². The molecule has 0 saturated heterocycles. The van der Waals surface area contributed by atoms with Crippen molar-refractivity contribution in [2.45, 2.75) is 62.7 Å². The lowest BCUT2D eigenvalue weighted by atomic mass is 10.1. The number of carbonyl (C=O) groups is 6. The summed E-state index contributed by atoms with van der Waals surface area (Å²) in [6.45, 7) is 0. The number of thioether (sulfide) groups is 2. The van der Waals surface area contributed by atoms with Gasteiger partial charge in [-0.2, -0.15) is 23.5 Å².